The van der Waals surface area contributed by atoms with E-state index in [1.807, 2.05) is 0 Å². The second kappa shape index (κ2) is 4.11. The number of fused-ring (bicyclic) bond motifs is 1. The van der Waals surface area contributed by atoms with Crippen LogP contribution in [-0.2, 0) is 12.0 Å². The van der Waals surface area contributed by atoms with Crippen LogP contribution in [0.1, 0.15) is 30.4 Å². The molecule has 1 aliphatic heterocycles. The Morgan fingerprint density at radius 2 is 1.94 bits per heavy atom. The maximum atomic E-state index is 11.0. The van der Waals surface area contributed by atoms with Crippen LogP contribution in [0.15, 0.2) is 24.3 Å². The second-order valence-corrected chi connectivity index (χ2v) is 5.66. The molecule has 92 valence electrons. The van der Waals surface area contributed by atoms with Crippen molar-refractivity contribution in [3.05, 3.63) is 35.4 Å². The highest BCUT2D eigenvalue weighted by Crippen LogP contribution is 2.45. The van der Waals surface area contributed by atoms with Crippen molar-refractivity contribution < 1.29 is 5.11 Å². The first kappa shape index (κ1) is 11.2. The van der Waals surface area contributed by atoms with E-state index in [4.69, 9.17) is 0 Å². The van der Waals surface area contributed by atoms with Crippen molar-refractivity contribution in [2.24, 2.45) is 5.92 Å². The molecule has 0 radical (unpaired) electrons. The summed E-state index contributed by atoms with van der Waals surface area (Å²) in [4.78, 5) is 2.36. The van der Waals surface area contributed by atoms with Crippen LogP contribution in [0.4, 0.5) is 0 Å². The zero-order valence-electron chi connectivity index (χ0n) is 10.5. The van der Waals surface area contributed by atoms with Gasteiger partial charge in [0.25, 0.3) is 0 Å². The van der Waals surface area contributed by atoms with Crippen molar-refractivity contribution in [2.45, 2.75) is 31.3 Å². The van der Waals surface area contributed by atoms with Crippen LogP contribution in [0.5, 0.6) is 0 Å². The number of nitrogens with zero attached hydrogens (tertiary/aromatic N) is 1. The molecule has 1 aromatic rings. The molecule has 2 heteroatoms. The van der Waals surface area contributed by atoms with E-state index >= 15 is 0 Å². The van der Waals surface area contributed by atoms with Gasteiger partial charge >= 0.3 is 0 Å². The average molecular weight is 231 g/mol. The van der Waals surface area contributed by atoms with Gasteiger partial charge in [-0.15, -0.1) is 0 Å². The number of hydrogen-bond acceptors (Lipinski definition) is 2. The molecule has 1 saturated heterocycles. The minimum absolute atomic E-state index is 0.447. The number of piperidine rings is 1. The lowest BCUT2D eigenvalue weighted by Crippen LogP contribution is -2.41. The summed E-state index contributed by atoms with van der Waals surface area (Å²) in [6.45, 7) is 2.24. The van der Waals surface area contributed by atoms with Gasteiger partial charge < -0.3 is 10.0 Å². The van der Waals surface area contributed by atoms with Gasteiger partial charge in [-0.1, -0.05) is 24.3 Å². The molecule has 1 N–H and O–H groups in total. The molecule has 0 aromatic heterocycles. The van der Waals surface area contributed by atoms with Gasteiger partial charge in [-0.2, -0.15) is 0 Å². The lowest BCUT2D eigenvalue weighted by molar-refractivity contribution is -0.0446. The highest BCUT2D eigenvalue weighted by molar-refractivity contribution is 5.37. The number of benzene rings is 1. The zero-order chi connectivity index (χ0) is 11.9. The van der Waals surface area contributed by atoms with Gasteiger partial charge in [-0.25, -0.2) is 0 Å². The summed E-state index contributed by atoms with van der Waals surface area (Å²) in [6, 6.07) is 8.44. The Bertz CT molecular complexity index is 409. The monoisotopic (exact) mass is 231 g/mol. The molecular formula is C15H21NO. The molecule has 1 unspecified atom stereocenters. The minimum Gasteiger partial charge on any atom is -0.385 e. The van der Waals surface area contributed by atoms with Crippen LogP contribution in [0.2, 0.25) is 0 Å². The van der Waals surface area contributed by atoms with Crippen molar-refractivity contribution in [1.82, 2.24) is 4.90 Å². The first-order valence-electron chi connectivity index (χ1n) is 6.69. The van der Waals surface area contributed by atoms with Crippen LogP contribution in [0.25, 0.3) is 0 Å². The molecule has 3 rings (SSSR count). The van der Waals surface area contributed by atoms with Gasteiger partial charge in [-0.3, -0.25) is 0 Å². The number of hydrogen-bond donors (Lipinski definition) is 1. The molecular weight excluding hydrogens is 210 g/mol. The van der Waals surface area contributed by atoms with Crippen LogP contribution in [-0.4, -0.2) is 30.1 Å². The predicted molar refractivity (Wildman–Crippen MR) is 68.9 cm³/mol. The molecule has 0 bridgehead atoms. The number of aryl methyl sites for hydroxylation is 1. The zero-order valence-corrected chi connectivity index (χ0v) is 10.5. The SMILES string of the molecule is CN1CCC(C2(O)CCc3ccccc32)CC1. The third kappa shape index (κ3) is 1.80. The van der Waals surface area contributed by atoms with Crippen LogP contribution < -0.4 is 0 Å². The molecule has 0 saturated carbocycles. The van der Waals surface area contributed by atoms with Gasteiger partial charge in [0.2, 0.25) is 0 Å². The first-order valence-corrected chi connectivity index (χ1v) is 6.69. The Labute approximate surface area is 103 Å². The first-order chi connectivity index (χ1) is 8.20. The Hall–Kier alpha value is -0.860. The van der Waals surface area contributed by atoms with Crippen molar-refractivity contribution >= 4 is 0 Å². The largest absolute Gasteiger partial charge is 0.385 e. The summed E-state index contributed by atoms with van der Waals surface area (Å²) in [5.41, 5.74) is 2.01. The van der Waals surface area contributed by atoms with Crippen molar-refractivity contribution in [3.63, 3.8) is 0 Å². The standard InChI is InChI=1S/C15H21NO/c1-16-10-7-13(8-11-16)15(17)9-6-12-4-2-3-5-14(12)15/h2-5,13,17H,6-11H2,1H3. The third-order valence-corrected chi connectivity index (χ3v) is 4.65. The fraction of sp³-hybridized carbons (Fsp3) is 0.600. The van der Waals surface area contributed by atoms with Crippen molar-refractivity contribution in [2.75, 3.05) is 20.1 Å². The molecule has 2 nitrogen and oxygen atoms in total. The molecule has 0 spiro atoms. The number of aliphatic hydroxyl groups is 1. The second-order valence-electron chi connectivity index (χ2n) is 5.66. The maximum Gasteiger partial charge on any atom is 0.0931 e. The lowest BCUT2D eigenvalue weighted by atomic mass is 9.77. The van der Waals surface area contributed by atoms with Crippen LogP contribution >= 0.6 is 0 Å². The Morgan fingerprint density at radius 1 is 1.24 bits per heavy atom. The summed E-state index contributed by atoms with van der Waals surface area (Å²) in [5, 5.41) is 11.0. The molecule has 1 fully saturated rings. The highest BCUT2D eigenvalue weighted by atomic mass is 16.3. The van der Waals surface area contributed by atoms with E-state index in [2.05, 4.69) is 36.2 Å². The van der Waals surface area contributed by atoms with E-state index in [9.17, 15) is 5.11 Å². The third-order valence-electron chi connectivity index (χ3n) is 4.65. The normalized spacial score (nSPS) is 30.5. The van der Waals surface area contributed by atoms with E-state index in [1.165, 1.54) is 11.1 Å². The molecule has 1 heterocycles. The van der Waals surface area contributed by atoms with Gasteiger partial charge in [0.1, 0.15) is 0 Å². The lowest BCUT2D eigenvalue weighted by Gasteiger charge is -2.39. The van der Waals surface area contributed by atoms with Gasteiger partial charge in [-0.05, 0) is 62.9 Å². The fourth-order valence-corrected chi connectivity index (χ4v) is 3.53. The number of likely N-dealkylation sites (tertiary alicyclic amines) is 1. The van der Waals surface area contributed by atoms with Gasteiger partial charge in [0, 0.05) is 0 Å². The van der Waals surface area contributed by atoms with E-state index < -0.39 is 5.60 Å². The van der Waals surface area contributed by atoms with E-state index in [0.717, 1.165) is 38.8 Å². The molecule has 1 aliphatic carbocycles. The average Bonchev–Trinajstić information content (AvgIpc) is 2.70. The quantitative estimate of drug-likeness (QED) is 0.800. The Morgan fingerprint density at radius 3 is 2.71 bits per heavy atom. The smallest absolute Gasteiger partial charge is 0.0931 e. The molecule has 2 aliphatic rings. The van der Waals surface area contributed by atoms with Crippen LogP contribution in [0, 0.1) is 5.92 Å². The van der Waals surface area contributed by atoms with Crippen molar-refractivity contribution in [1.29, 1.82) is 0 Å². The van der Waals surface area contributed by atoms with E-state index in [-0.39, 0.29) is 0 Å². The van der Waals surface area contributed by atoms with E-state index in [0.29, 0.717) is 5.92 Å². The minimum atomic E-state index is -0.544. The Balaban J connectivity index is 1.88. The highest BCUT2D eigenvalue weighted by Gasteiger charge is 2.43. The molecule has 17 heavy (non-hydrogen) atoms. The summed E-state index contributed by atoms with van der Waals surface area (Å²) in [5.74, 6) is 0.447. The maximum absolute atomic E-state index is 11.0. The number of rotatable bonds is 1. The van der Waals surface area contributed by atoms with Crippen LogP contribution in [0.3, 0.4) is 0 Å². The summed E-state index contributed by atoms with van der Waals surface area (Å²) in [7, 11) is 2.17. The topological polar surface area (TPSA) is 23.5 Å². The van der Waals surface area contributed by atoms with Gasteiger partial charge in [0.15, 0.2) is 0 Å². The van der Waals surface area contributed by atoms with Gasteiger partial charge in [0.05, 0.1) is 5.60 Å². The summed E-state index contributed by atoms with van der Waals surface area (Å²) in [6.07, 6.45) is 4.21. The summed E-state index contributed by atoms with van der Waals surface area (Å²) >= 11 is 0. The Kier molecular flexibility index (Phi) is 2.72. The molecule has 0 amide bonds. The molecule has 1 atom stereocenters. The predicted octanol–water partition coefficient (Wildman–Crippen LogP) is 2.16. The summed E-state index contributed by atoms with van der Waals surface area (Å²) < 4.78 is 0. The molecule has 1 aromatic carbocycles. The fourth-order valence-electron chi connectivity index (χ4n) is 3.53. The van der Waals surface area contributed by atoms with Crippen molar-refractivity contribution in [3.8, 4) is 0 Å². The van der Waals surface area contributed by atoms with E-state index in [1.54, 1.807) is 0 Å².